The molecule has 0 aliphatic carbocycles. The van der Waals surface area contributed by atoms with Crippen molar-refractivity contribution in [1.82, 2.24) is 4.31 Å². The molecule has 25 heavy (non-hydrogen) atoms. The molecule has 0 saturated carbocycles. The number of carbonyl (C=O) groups excluding carboxylic acids is 2. The second-order valence-electron chi connectivity index (χ2n) is 6.17. The molecule has 1 aliphatic heterocycles. The minimum atomic E-state index is -3.76. The van der Waals surface area contributed by atoms with E-state index >= 15 is 0 Å². The Morgan fingerprint density at radius 2 is 1.96 bits per heavy atom. The molecule has 1 heterocycles. The zero-order valence-electron chi connectivity index (χ0n) is 15.1. The third-order valence-electron chi connectivity index (χ3n) is 4.42. The van der Waals surface area contributed by atoms with E-state index in [0.29, 0.717) is 9.99 Å². The van der Waals surface area contributed by atoms with Gasteiger partial charge in [0, 0.05) is 30.9 Å². The Balaban J connectivity index is 2.19. The molecule has 0 aromatic heterocycles. The van der Waals surface area contributed by atoms with Crippen LogP contribution in [0.2, 0.25) is 0 Å². The van der Waals surface area contributed by atoms with Crippen molar-refractivity contribution in [1.29, 1.82) is 0 Å². The number of anilines is 2. The smallest absolute Gasteiger partial charge is 0.248 e. The van der Waals surface area contributed by atoms with Crippen LogP contribution in [0.15, 0.2) is 18.2 Å². The van der Waals surface area contributed by atoms with E-state index in [1.54, 1.807) is 0 Å². The Kier molecular flexibility index (Phi) is 5.72. The number of rotatable bonds is 6. The van der Waals surface area contributed by atoms with Gasteiger partial charge in [0.1, 0.15) is 6.04 Å². The van der Waals surface area contributed by atoms with E-state index in [1.807, 2.05) is 25.1 Å². The van der Waals surface area contributed by atoms with Gasteiger partial charge in [-0.15, -0.1) is 0 Å². The summed E-state index contributed by atoms with van der Waals surface area (Å²) in [6.07, 6.45) is 1.21. The van der Waals surface area contributed by atoms with Gasteiger partial charge in [-0.3, -0.25) is 9.59 Å². The monoisotopic (exact) mass is 367 g/mol. The second-order valence-corrected chi connectivity index (χ2v) is 8.03. The normalized spacial score (nSPS) is 17.7. The van der Waals surface area contributed by atoms with Crippen molar-refractivity contribution < 1.29 is 18.0 Å². The van der Waals surface area contributed by atoms with Crippen molar-refractivity contribution in [3.05, 3.63) is 23.8 Å². The number of nitrogens with zero attached hydrogens (tertiary/aromatic N) is 2. The van der Waals surface area contributed by atoms with Crippen LogP contribution in [0.3, 0.4) is 0 Å². The van der Waals surface area contributed by atoms with Crippen LogP contribution >= 0.6 is 0 Å². The van der Waals surface area contributed by atoms with Gasteiger partial charge in [0.25, 0.3) is 0 Å². The molecular weight excluding hydrogens is 342 g/mol. The van der Waals surface area contributed by atoms with Gasteiger partial charge in [-0.1, -0.05) is 0 Å². The molecule has 1 saturated heterocycles. The number of hydrogen-bond donors (Lipinski definition) is 1. The molecule has 0 bridgehead atoms. The van der Waals surface area contributed by atoms with E-state index in [4.69, 9.17) is 0 Å². The van der Waals surface area contributed by atoms with Crippen LogP contribution in [0.1, 0.15) is 32.3 Å². The average Bonchev–Trinajstić information content (AvgIpc) is 2.93. The highest BCUT2D eigenvalue weighted by molar-refractivity contribution is 7.89. The van der Waals surface area contributed by atoms with Crippen LogP contribution in [0.5, 0.6) is 0 Å². The van der Waals surface area contributed by atoms with E-state index in [2.05, 4.69) is 24.1 Å². The largest absolute Gasteiger partial charge is 0.372 e. The third-order valence-corrected chi connectivity index (χ3v) is 5.59. The molecule has 2 rings (SSSR count). The van der Waals surface area contributed by atoms with Gasteiger partial charge in [-0.25, -0.2) is 12.7 Å². The van der Waals surface area contributed by atoms with E-state index in [0.717, 1.165) is 30.6 Å². The first-order valence-electron chi connectivity index (χ1n) is 8.37. The van der Waals surface area contributed by atoms with E-state index in [1.165, 1.54) is 0 Å². The number of hydrogen-bond acceptors (Lipinski definition) is 5. The Labute approximate surface area is 149 Å². The zero-order chi connectivity index (χ0) is 18.8. The molecule has 2 amide bonds. The number of amides is 2. The number of benzene rings is 1. The predicted octanol–water partition coefficient (Wildman–Crippen LogP) is 1.73. The maximum atomic E-state index is 12.5. The van der Waals surface area contributed by atoms with Crippen LogP contribution in [0, 0.1) is 6.92 Å². The Morgan fingerprint density at radius 1 is 1.32 bits per heavy atom. The predicted molar refractivity (Wildman–Crippen MR) is 98.1 cm³/mol. The van der Waals surface area contributed by atoms with Crippen LogP contribution in [-0.4, -0.2) is 49.9 Å². The van der Waals surface area contributed by atoms with Crippen LogP contribution in [-0.2, 0) is 19.6 Å². The number of carbonyl (C=O) groups is 2. The molecule has 1 aromatic carbocycles. The second kappa shape index (κ2) is 7.43. The molecule has 1 aliphatic rings. The Bertz CT molecular complexity index is 772. The van der Waals surface area contributed by atoms with E-state index < -0.39 is 27.9 Å². The Hall–Kier alpha value is -2.09. The van der Waals surface area contributed by atoms with Gasteiger partial charge in [0.2, 0.25) is 21.8 Å². The summed E-state index contributed by atoms with van der Waals surface area (Å²) in [5.41, 5.74) is 2.57. The lowest BCUT2D eigenvalue weighted by atomic mass is 10.1. The standard InChI is InChI=1S/C17H25N3O4S/c1-5-19(6-2)13-7-8-14(12(3)11-13)18-17(22)15-9-10-16(21)20(15)25(4,23)24/h7-8,11,15H,5-6,9-10H2,1-4H3,(H,18,22). The van der Waals surface area contributed by atoms with Crippen LogP contribution < -0.4 is 10.2 Å². The molecular formula is C17H25N3O4S. The highest BCUT2D eigenvalue weighted by Gasteiger charge is 2.41. The molecule has 1 N–H and O–H groups in total. The summed E-state index contributed by atoms with van der Waals surface area (Å²) in [4.78, 5) is 26.5. The first-order chi connectivity index (χ1) is 11.7. The molecule has 138 valence electrons. The van der Waals surface area contributed by atoms with E-state index in [-0.39, 0.29) is 12.8 Å². The van der Waals surface area contributed by atoms with Crippen LogP contribution in [0.4, 0.5) is 11.4 Å². The molecule has 1 fully saturated rings. The fourth-order valence-corrected chi connectivity index (χ4v) is 4.23. The van der Waals surface area contributed by atoms with Gasteiger partial charge < -0.3 is 10.2 Å². The topological polar surface area (TPSA) is 86.8 Å². The lowest BCUT2D eigenvalue weighted by Gasteiger charge is -2.24. The third kappa shape index (κ3) is 4.12. The summed E-state index contributed by atoms with van der Waals surface area (Å²) in [5, 5.41) is 2.76. The highest BCUT2D eigenvalue weighted by Crippen LogP contribution is 2.26. The van der Waals surface area contributed by atoms with Crippen LogP contribution in [0.25, 0.3) is 0 Å². The molecule has 7 nitrogen and oxygen atoms in total. The zero-order valence-corrected chi connectivity index (χ0v) is 15.9. The first-order valence-corrected chi connectivity index (χ1v) is 10.2. The van der Waals surface area contributed by atoms with Crippen molar-refractivity contribution in [3.8, 4) is 0 Å². The first kappa shape index (κ1) is 19.2. The summed E-state index contributed by atoms with van der Waals surface area (Å²) in [5.74, 6) is -1.01. The fourth-order valence-electron chi connectivity index (χ4n) is 3.10. The minimum Gasteiger partial charge on any atom is -0.372 e. The van der Waals surface area contributed by atoms with E-state index in [9.17, 15) is 18.0 Å². The highest BCUT2D eigenvalue weighted by atomic mass is 32.2. The lowest BCUT2D eigenvalue weighted by Crippen LogP contribution is -2.44. The summed E-state index contributed by atoms with van der Waals surface area (Å²) < 4.78 is 24.3. The van der Waals surface area contributed by atoms with Gasteiger partial charge in [0.05, 0.1) is 6.26 Å². The lowest BCUT2D eigenvalue weighted by molar-refractivity contribution is -0.128. The van der Waals surface area contributed by atoms with Crippen molar-refractivity contribution in [2.75, 3.05) is 29.6 Å². The maximum absolute atomic E-state index is 12.5. The summed E-state index contributed by atoms with van der Waals surface area (Å²) in [6.45, 7) is 7.80. The molecule has 1 atom stereocenters. The number of aryl methyl sites for hydroxylation is 1. The number of nitrogens with one attached hydrogen (secondary N) is 1. The molecule has 0 spiro atoms. The fraction of sp³-hybridized carbons (Fsp3) is 0.529. The number of sulfonamides is 1. The molecule has 0 radical (unpaired) electrons. The quantitative estimate of drug-likeness (QED) is 0.827. The maximum Gasteiger partial charge on any atom is 0.248 e. The van der Waals surface area contributed by atoms with Crippen molar-refractivity contribution in [2.24, 2.45) is 0 Å². The van der Waals surface area contributed by atoms with Crippen molar-refractivity contribution in [2.45, 2.75) is 39.7 Å². The summed E-state index contributed by atoms with van der Waals surface area (Å²) >= 11 is 0. The Morgan fingerprint density at radius 3 is 2.48 bits per heavy atom. The molecule has 1 unspecified atom stereocenters. The van der Waals surface area contributed by atoms with Crippen molar-refractivity contribution in [3.63, 3.8) is 0 Å². The van der Waals surface area contributed by atoms with Gasteiger partial charge in [0.15, 0.2) is 0 Å². The average molecular weight is 367 g/mol. The molecule has 1 aromatic rings. The van der Waals surface area contributed by atoms with Gasteiger partial charge in [-0.2, -0.15) is 0 Å². The molecule has 8 heteroatoms. The van der Waals surface area contributed by atoms with Gasteiger partial charge >= 0.3 is 0 Å². The van der Waals surface area contributed by atoms with Crippen molar-refractivity contribution >= 4 is 33.2 Å². The SMILES string of the molecule is CCN(CC)c1ccc(NC(=O)C2CCC(=O)N2S(C)(=O)=O)c(C)c1. The van der Waals surface area contributed by atoms with Gasteiger partial charge in [-0.05, 0) is 51.0 Å². The minimum absolute atomic E-state index is 0.0606. The summed E-state index contributed by atoms with van der Waals surface area (Å²) in [7, 11) is -3.76. The summed E-state index contributed by atoms with van der Waals surface area (Å²) in [6, 6.07) is 4.73.